The van der Waals surface area contributed by atoms with Gasteiger partial charge in [-0.1, -0.05) is 12.1 Å². The quantitative estimate of drug-likeness (QED) is 0.916. The molecule has 2 heterocycles. The van der Waals surface area contributed by atoms with E-state index in [1.165, 1.54) is 32.4 Å². The maximum Gasteiger partial charge on any atom is 0.0991 e. The van der Waals surface area contributed by atoms with E-state index in [0.29, 0.717) is 18.2 Å². The number of benzene rings is 1. The molecule has 4 heteroatoms. The summed E-state index contributed by atoms with van der Waals surface area (Å²) in [5.74, 6) is 0. The van der Waals surface area contributed by atoms with E-state index in [0.717, 1.165) is 18.7 Å². The number of β-amino-alcohol motifs (C(OH)–C–C–N with tert-alkyl or cyclic N) is 1. The van der Waals surface area contributed by atoms with Crippen LogP contribution in [0.4, 0.5) is 0 Å². The predicted molar refractivity (Wildman–Crippen MR) is 81.8 cm³/mol. The molecule has 3 rings (SSSR count). The fraction of sp³-hybridized carbons (Fsp3) is 0.588. The maximum atomic E-state index is 10.4. The SMILES string of the molecule is N#Cc1ccc(C(O)CN2CCC(N3CCCC3)C2)cc1. The molecule has 1 aromatic rings. The van der Waals surface area contributed by atoms with E-state index in [-0.39, 0.29) is 0 Å². The third kappa shape index (κ3) is 3.44. The van der Waals surface area contributed by atoms with Crippen LogP contribution in [-0.4, -0.2) is 53.7 Å². The Balaban J connectivity index is 1.53. The Morgan fingerprint density at radius 3 is 2.57 bits per heavy atom. The van der Waals surface area contributed by atoms with Gasteiger partial charge in [0.15, 0.2) is 0 Å². The second kappa shape index (κ2) is 6.57. The Labute approximate surface area is 126 Å². The normalized spacial score (nSPS) is 25.0. The average molecular weight is 285 g/mol. The van der Waals surface area contributed by atoms with Crippen LogP contribution < -0.4 is 0 Å². The van der Waals surface area contributed by atoms with Crippen LogP contribution in [0.25, 0.3) is 0 Å². The highest BCUT2D eigenvalue weighted by Crippen LogP contribution is 2.23. The van der Waals surface area contributed by atoms with Gasteiger partial charge in [0, 0.05) is 19.1 Å². The van der Waals surface area contributed by atoms with E-state index in [4.69, 9.17) is 5.26 Å². The second-order valence-electron chi connectivity index (χ2n) is 6.19. The van der Waals surface area contributed by atoms with Gasteiger partial charge < -0.3 is 5.11 Å². The van der Waals surface area contributed by atoms with Crippen LogP contribution in [-0.2, 0) is 0 Å². The van der Waals surface area contributed by atoms with E-state index in [9.17, 15) is 5.11 Å². The van der Waals surface area contributed by atoms with E-state index < -0.39 is 6.10 Å². The van der Waals surface area contributed by atoms with E-state index in [2.05, 4.69) is 15.9 Å². The fourth-order valence-corrected chi connectivity index (χ4v) is 3.51. The van der Waals surface area contributed by atoms with Crippen molar-refractivity contribution in [3.05, 3.63) is 35.4 Å². The Morgan fingerprint density at radius 2 is 1.90 bits per heavy atom. The lowest BCUT2D eigenvalue weighted by Crippen LogP contribution is -2.36. The average Bonchev–Trinajstić information content (AvgIpc) is 3.18. The lowest BCUT2D eigenvalue weighted by molar-refractivity contribution is 0.120. The molecular weight excluding hydrogens is 262 g/mol. The third-order valence-corrected chi connectivity index (χ3v) is 4.76. The first-order chi connectivity index (χ1) is 10.3. The topological polar surface area (TPSA) is 50.5 Å². The molecule has 0 spiro atoms. The molecule has 0 saturated carbocycles. The van der Waals surface area contributed by atoms with Crippen molar-refractivity contribution in [2.24, 2.45) is 0 Å². The first-order valence-electron chi connectivity index (χ1n) is 7.91. The summed E-state index contributed by atoms with van der Waals surface area (Å²) in [5.41, 5.74) is 1.54. The zero-order valence-corrected chi connectivity index (χ0v) is 12.4. The Kier molecular flexibility index (Phi) is 4.54. The van der Waals surface area contributed by atoms with Gasteiger partial charge in [-0.15, -0.1) is 0 Å². The van der Waals surface area contributed by atoms with Gasteiger partial charge >= 0.3 is 0 Å². The van der Waals surface area contributed by atoms with Gasteiger partial charge in [0.05, 0.1) is 17.7 Å². The molecule has 1 aromatic carbocycles. The minimum atomic E-state index is -0.463. The number of aliphatic hydroxyl groups is 1. The van der Waals surface area contributed by atoms with Gasteiger partial charge in [-0.3, -0.25) is 9.80 Å². The summed E-state index contributed by atoms with van der Waals surface area (Å²) in [6.07, 6.45) is 3.43. The van der Waals surface area contributed by atoms with Gasteiger partial charge in [-0.2, -0.15) is 5.26 Å². The Morgan fingerprint density at radius 1 is 1.19 bits per heavy atom. The molecule has 4 nitrogen and oxygen atoms in total. The van der Waals surface area contributed by atoms with Crippen LogP contribution >= 0.6 is 0 Å². The van der Waals surface area contributed by atoms with Gasteiger partial charge in [-0.25, -0.2) is 0 Å². The summed E-state index contributed by atoms with van der Waals surface area (Å²) in [7, 11) is 0. The van der Waals surface area contributed by atoms with Crippen molar-refractivity contribution in [3.8, 4) is 6.07 Å². The molecule has 0 amide bonds. The van der Waals surface area contributed by atoms with Crippen molar-refractivity contribution >= 4 is 0 Å². The highest BCUT2D eigenvalue weighted by molar-refractivity contribution is 5.32. The molecule has 2 saturated heterocycles. The predicted octanol–water partition coefficient (Wildman–Crippen LogP) is 1.76. The highest BCUT2D eigenvalue weighted by Gasteiger charge is 2.30. The molecule has 1 N–H and O–H groups in total. The zero-order valence-electron chi connectivity index (χ0n) is 12.4. The van der Waals surface area contributed by atoms with Crippen LogP contribution in [0, 0.1) is 11.3 Å². The summed E-state index contributed by atoms with van der Waals surface area (Å²) in [6, 6.07) is 10.1. The molecule has 0 radical (unpaired) electrons. The van der Waals surface area contributed by atoms with E-state index in [1.807, 2.05) is 12.1 Å². The Bertz CT molecular complexity index is 502. The first-order valence-corrected chi connectivity index (χ1v) is 7.91. The van der Waals surface area contributed by atoms with Crippen molar-refractivity contribution < 1.29 is 5.11 Å². The standard InChI is InChI=1S/C17H23N3O/c18-11-14-3-5-15(6-4-14)17(21)13-19-10-7-16(12-19)20-8-1-2-9-20/h3-6,16-17,21H,1-2,7-10,12-13H2. The van der Waals surface area contributed by atoms with Gasteiger partial charge in [-0.05, 0) is 56.6 Å². The van der Waals surface area contributed by atoms with Gasteiger partial charge in [0.2, 0.25) is 0 Å². The second-order valence-corrected chi connectivity index (χ2v) is 6.19. The number of rotatable bonds is 4. The van der Waals surface area contributed by atoms with Crippen LogP contribution in [0.15, 0.2) is 24.3 Å². The zero-order chi connectivity index (χ0) is 14.7. The van der Waals surface area contributed by atoms with Crippen LogP contribution in [0.1, 0.15) is 36.5 Å². The van der Waals surface area contributed by atoms with E-state index >= 15 is 0 Å². The summed E-state index contributed by atoms with van der Waals surface area (Å²) in [4.78, 5) is 4.97. The third-order valence-electron chi connectivity index (χ3n) is 4.76. The summed E-state index contributed by atoms with van der Waals surface area (Å²) in [5, 5.41) is 19.2. The number of nitrogens with zero attached hydrogens (tertiary/aromatic N) is 3. The number of hydrogen-bond acceptors (Lipinski definition) is 4. The summed E-state index contributed by atoms with van der Waals surface area (Å²) >= 11 is 0. The van der Waals surface area contributed by atoms with Crippen LogP contribution in [0.3, 0.4) is 0 Å². The summed E-state index contributed by atoms with van der Waals surface area (Å²) < 4.78 is 0. The van der Waals surface area contributed by atoms with Crippen LogP contribution in [0.5, 0.6) is 0 Å². The highest BCUT2D eigenvalue weighted by atomic mass is 16.3. The smallest absolute Gasteiger partial charge is 0.0991 e. The number of hydrogen-bond donors (Lipinski definition) is 1. The minimum Gasteiger partial charge on any atom is -0.387 e. The minimum absolute atomic E-state index is 0.463. The molecule has 0 bridgehead atoms. The monoisotopic (exact) mass is 285 g/mol. The number of likely N-dealkylation sites (tertiary alicyclic amines) is 2. The van der Waals surface area contributed by atoms with Gasteiger partial charge in [0.25, 0.3) is 0 Å². The van der Waals surface area contributed by atoms with E-state index in [1.54, 1.807) is 12.1 Å². The van der Waals surface area contributed by atoms with Crippen LogP contribution in [0.2, 0.25) is 0 Å². The first kappa shape index (κ1) is 14.5. The molecule has 21 heavy (non-hydrogen) atoms. The number of nitriles is 1. The molecule has 112 valence electrons. The molecule has 0 aromatic heterocycles. The molecular formula is C17H23N3O. The largest absolute Gasteiger partial charge is 0.387 e. The summed E-state index contributed by atoms with van der Waals surface area (Å²) in [6.45, 7) is 5.34. The van der Waals surface area contributed by atoms with Crippen molar-refractivity contribution in [2.75, 3.05) is 32.7 Å². The van der Waals surface area contributed by atoms with Gasteiger partial charge in [0.1, 0.15) is 0 Å². The number of aliphatic hydroxyl groups excluding tert-OH is 1. The van der Waals surface area contributed by atoms with Crippen molar-refractivity contribution in [1.29, 1.82) is 5.26 Å². The molecule has 2 fully saturated rings. The molecule has 2 atom stereocenters. The lowest BCUT2D eigenvalue weighted by atomic mass is 10.1. The molecule has 0 aliphatic carbocycles. The molecule has 2 aliphatic rings. The van der Waals surface area contributed by atoms with Crippen molar-refractivity contribution in [1.82, 2.24) is 9.80 Å². The maximum absolute atomic E-state index is 10.4. The molecule has 2 aliphatic heterocycles. The van der Waals surface area contributed by atoms with Crippen molar-refractivity contribution in [2.45, 2.75) is 31.4 Å². The lowest BCUT2D eigenvalue weighted by Gasteiger charge is -2.24. The Hall–Kier alpha value is -1.41. The van der Waals surface area contributed by atoms with Crippen molar-refractivity contribution in [3.63, 3.8) is 0 Å². The fourth-order valence-electron chi connectivity index (χ4n) is 3.51. The molecule has 2 unspecified atom stereocenters.